The topological polar surface area (TPSA) is 70.4 Å². The summed E-state index contributed by atoms with van der Waals surface area (Å²) in [6.07, 6.45) is 1.41. The van der Waals surface area contributed by atoms with Crippen LogP contribution >= 0.6 is 0 Å². The second kappa shape index (κ2) is 5.42. The standard InChI is InChI=1S/C14H13NO3/c16-13(9-12-3-1-2-8-15-12)10-4-6-11(7-5-10)14(17)18/h1-8,13,16H,9H2,(H,17,18). The van der Waals surface area contributed by atoms with Gasteiger partial charge in [0.2, 0.25) is 0 Å². The smallest absolute Gasteiger partial charge is 0.335 e. The molecule has 0 aliphatic carbocycles. The number of nitrogens with zero attached hydrogens (tertiary/aromatic N) is 1. The van der Waals surface area contributed by atoms with Gasteiger partial charge < -0.3 is 10.2 Å². The highest BCUT2D eigenvalue weighted by molar-refractivity contribution is 5.87. The Bertz CT molecular complexity index is 522. The molecule has 0 aliphatic heterocycles. The molecule has 4 nitrogen and oxygen atoms in total. The first-order valence-electron chi connectivity index (χ1n) is 5.58. The van der Waals surface area contributed by atoms with Gasteiger partial charge in [-0.3, -0.25) is 4.98 Å². The number of carboxylic acids is 1. The summed E-state index contributed by atoms with van der Waals surface area (Å²) in [7, 11) is 0. The Morgan fingerprint density at radius 1 is 1.17 bits per heavy atom. The number of aliphatic hydroxyl groups excluding tert-OH is 1. The van der Waals surface area contributed by atoms with E-state index in [1.165, 1.54) is 12.1 Å². The van der Waals surface area contributed by atoms with Gasteiger partial charge in [0.1, 0.15) is 0 Å². The number of carbonyl (C=O) groups is 1. The monoisotopic (exact) mass is 243 g/mol. The lowest BCUT2D eigenvalue weighted by Gasteiger charge is -2.10. The molecule has 4 heteroatoms. The number of hydrogen-bond acceptors (Lipinski definition) is 3. The maximum absolute atomic E-state index is 10.7. The Balaban J connectivity index is 2.09. The Morgan fingerprint density at radius 2 is 1.89 bits per heavy atom. The first kappa shape index (κ1) is 12.3. The van der Waals surface area contributed by atoms with Crippen molar-refractivity contribution in [3.05, 3.63) is 65.5 Å². The van der Waals surface area contributed by atoms with E-state index < -0.39 is 12.1 Å². The Morgan fingerprint density at radius 3 is 2.44 bits per heavy atom. The number of benzene rings is 1. The number of rotatable bonds is 4. The van der Waals surface area contributed by atoms with Crippen LogP contribution in [-0.2, 0) is 6.42 Å². The minimum Gasteiger partial charge on any atom is -0.478 e. The molecule has 0 saturated heterocycles. The van der Waals surface area contributed by atoms with Gasteiger partial charge in [-0.05, 0) is 29.8 Å². The van der Waals surface area contributed by atoms with E-state index in [4.69, 9.17) is 5.11 Å². The molecule has 1 heterocycles. The zero-order chi connectivity index (χ0) is 13.0. The van der Waals surface area contributed by atoms with Crippen LogP contribution in [0.1, 0.15) is 27.7 Å². The molecule has 0 saturated carbocycles. The number of aromatic nitrogens is 1. The van der Waals surface area contributed by atoms with Gasteiger partial charge in [-0.2, -0.15) is 0 Å². The molecule has 2 aromatic rings. The van der Waals surface area contributed by atoms with Crippen LogP contribution in [0, 0.1) is 0 Å². The van der Waals surface area contributed by atoms with Gasteiger partial charge in [0.05, 0.1) is 11.7 Å². The summed E-state index contributed by atoms with van der Waals surface area (Å²) >= 11 is 0. The number of pyridine rings is 1. The van der Waals surface area contributed by atoms with Crippen LogP contribution in [0.5, 0.6) is 0 Å². The fraction of sp³-hybridized carbons (Fsp3) is 0.143. The van der Waals surface area contributed by atoms with Crippen LogP contribution in [0.3, 0.4) is 0 Å². The van der Waals surface area contributed by atoms with Gasteiger partial charge in [-0.25, -0.2) is 4.79 Å². The normalized spacial score (nSPS) is 12.1. The molecular formula is C14H13NO3. The fourth-order valence-corrected chi connectivity index (χ4v) is 1.68. The molecule has 0 fully saturated rings. The SMILES string of the molecule is O=C(O)c1ccc(C(O)Cc2ccccn2)cc1. The first-order chi connectivity index (χ1) is 8.66. The lowest BCUT2D eigenvalue weighted by atomic mass is 10.0. The Hall–Kier alpha value is -2.20. The molecule has 1 unspecified atom stereocenters. The maximum Gasteiger partial charge on any atom is 0.335 e. The molecule has 0 amide bonds. The van der Waals surface area contributed by atoms with Crippen molar-refractivity contribution in [3.63, 3.8) is 0 Å². The first-order valence-corrected chi connectivity index (χ1v) is 5.58. The number of hydrogen-bond donors (Lipinski definition) is 2. The van der Waals surface area contributed by atoms with Crippen LogP contribution in [0.25, 0.3) is 0 Å². The van der Waals surface area contributed by atoms with E-state index in [0.717, 1.165) is 5.69 Å². The summed E-state index contributed by atoms with van der Waals surface area (Å²) in [6.45, 7) is 0. The molecule has 0 radical (unpaired) electrons. The van der Waals surface area contributed by atoms with Crippen molar-refractivity contribution < 1.29 is 15.0 Å². The summed E-state index contributed by atoms with van der Waals surface area (Å²) in [5.41, 5.74) is 1.70. The molecule has 2 rings (SSSR count). The maximum atomic E-state index is 10.7. The third-order valence-corrected chi connectivity index (χ3v) is 2.67. The van der Waals surface area contributed by atoms with E-state index in [9.17, 15) is 9.90 Å². The van der Waals surface area contributed by atoms with Crippen molar-refractivity contribution in [1.82, 2.24) is 4.98 Å². The van der Waals surface area contributed by atoms with E-state index >= 15 is 0 Å². The highest BCUT2D eigenvalue weighted by atomic mass is 16.4. The van der Waals surface area contributed by atoms with E-state index in [-0.39, 0.29) is 5.56 Å². The van der Waals surface area contributed by atoms with Gasteiger partial charge in [0.15, 0.2) is 0 Å². The zero-order valence-corrected chi connectivity index (χ0v) is 9.65. The lowest BCUT2D eigenvalue weighted by molar-refractivity contribution is 0.0696. The summed E-state index contributed by atoms with van der Waals surface area (Å²) in [5, 5.41) is 18.8. The highest BCUT2D eigenvalue weighted by Gasteiger charge is 2.10. The number of carboxylic acid groups (broad SMARTS) is 1. The molecule has 1 aromatic heterocycles. The van der Waals surface area contributed by atoms with Crippen molar-refractivity contribution >= 4 is 5.97 Å². The van der Waals surface area contributed by atoms with Gasteiger partial charge in [0.25, 0.3) is 0 Å². The number of aromatic carboxylic acids is 1. The van der Waals surface area contributed by atoms with Crippen molar-refractivity contribution in [2.75, 3.05) is 0 Å². The summed E-state index contributed by atoms with van der Waals surface area (Å²) < 4.78 is 0. The quantitative estimate of drug-likeness (QED) is 0.862. The highest BCUT2D eigenvalue weighted by Crippen LogP contribution is 2.17. The van der Waals surface area contributed by atoms with Gasteiger partial charge in [0, 0.05) is 18.3 Å². The lowest BCUT2D eigenvalue weighted by Crippen LogP contribution is -2.04. The zero-order valence-electron chi connectivity index (χ0n) is 9.65. The average Bonchev–Trinajstić information content (AvgIpc) is 2.40. The third-order valence-electron chi connectivity index (χ3n) is 2.67. The van der Waals surface area contributed by atoms with Crippen LogP contribution in [0.2, 0.25) is 0 Å². The van der Waals surface area contributed by atoms with Gasteiger partial charge in [-0.15, -0.1) is 0 Å². The van der Waals surface area contributed by atoms with Crippen molar-refractivity contribution in [1.29, 1.82) is 0 Å². The molecule has 92 valence electrons. The summed E-state index contributed by atoms with van der Waals surface area (Å²) in [6, 6.07) is 11.7. The van der Waals surface area contributed by atoms with Gasteiger partial charge in [-0.1, -0.05) is 18.2 Å². The largest absolute Gasteiger partial charge is 0.478 e. The van der Waals surface area contributed by atoms with Crippen molar-refractivity contribution in [2.45, 2.75) is 12.5 Å². The van der Waals surface area contributed by atoms with Crippen LogP contribution < -0.4 is 0 Å². The molecular weight excluding hydrogens is 230 g/mol. The van der Waals surface area contributed by atoms with Gasteiger partial charge >= 0.3 is 5.97 Å². The Kier molecular flexibility index (Phi) is 3.69. The molecule has 1 atom stereocenters. The molecule has 18 heavy (non-hydrogen) atoms. The molecule has 0 aliphatic rings. The Labute approximate surface area is 105 Å². The predicted molar refractivity (Wildman–Crippen MR) is 66.3 cm³/mol. The molecule has 0 bridgehead atoms. The van der Waals surface area contributed by atoms with E-state index in [1.54, 1.807) is 18.3 Å². The van der Waals surface area contributed by atoms with Crippen LogP contribution in [0.15, 0.2) is 48.7 Å². The number of aliphatic hydroxyl groups is 1. The minimum absolute atomic E-state index is 0.212. The van der Waals surface area contributed by atoms with E-state index in [0.29, 0.717) is 12.0 Å². The van der Waals surface area contributed by atoms with Crippen LogP contribution in [-0.4, -0.2) is 21.2 Å². The second-order valence-electron chi connectivity index (χ2n) is 3.97. The van der Waals surface area contributed by atoms with Crippen molar-refractivity contribution in [3.8, 4) is 0 Å². The molecule has 2 N–H and O–H groups in total. The summed E-state index contributed by atoms with van der Waals surface area (Å²) in [5.74, 6) is -0.972. The fourth-order valence-electron chi connectivity index (χ4n) is 1.68. The molecule has 0 spiro atoms. The predicted octanol–water partition coefficient (Wildman–Crippen LogP) is 2.06. The second-order valence-corrected chi connectivity index (χ2v) is 3.97. The van der Waals surface area contributed by atoms with Crippen molar-refractivity contribution in [2.24, 2.45) is 0 Å². The third kappa shape index (κ3) is 2.93. The summed E-state index contributed by atoms with van der Waals surface area (Å²) in [4.78, 5) is 14.8. The van der Waals surface area contributed by atoms with E-state index in [1.807, 2.05) is 18.2 Å². The van der Waals surface area contributed by atoms with Crippen LogP contribution in [0.4, 0.5) is 0 Å². The minimum atomic E-state index is -0.972. The molecule has 1 aromatic carbocycles. The average molecular weight is 243 g/mol. The van der Waals surface area contributed by atoms with E-state index in [2.05, 4.69) is 4.98 Å².